The fourth-order valence-electron chi connectivity index (χ4n) is 4.74. The maximum atomic E-state index is 13.6. The molecule has 1 aliphatic rings. The van der Waals surface area contributed by atoms with Gasteiger partial charge in [0.05, 0.1) is 6.61 Å². The summed E-state index contributed by atoms with van der Waals surface area (Å²) >= 11 is 0. The van der Waals surface area contributed by atoms with Crippen LogP contribution >= 0.6 is 0 Å². The molecule has 0 radical (unpaired) electrons. The number of hydrogen-bond acceptors (Lipinski definition) is 3. The van der Waals surface area contributed by atoms with E-state index >= 15 is 0 Å². The highest BCUT2D eigenvalue weighted by Gasteiger charge is 2.51. The van der Waals surface area contributed by atoms with Crippen LogP contribution in [0.15, 0.2) is 78.9 Å². The molecule has 1 N–H and O–H groups in total. The monoisotopic (exact) mass is 470 g/mol. The van der Waals surface area contributed by atoms with Gasteiger partial charge in [0.25, 0.3) is 5.91 Å². The minimum absolute atomic E-state index is 0.0535. The molecule has 182 valence electrons. The summed E-state index contributed by atoms with van der Waals surface area (Å²) in [4.78, 5) is 26.8. The van der Waals surface area contributed by atoms with E-state index in [0.717, 1.165) is 23.1 Å². The molecule has 1 unspecified atom stereocenters. The predicted molar refractivity (Wildman–Crippen MR) is 138 cm³/mol. The van der Waals surface area contributed by atoms with E-state index in [2.05, 4.69) is 36.5 Å². The second-order valence-electron chi connectivity index (χ2n) is 9.06. The first-order valence-electron chi connectivity index (χ1n) is 12.5. The number of carbonyl (C=O) groups is 2. The third-order valence-electron chi connectivity index (χ3n) is 6.54. The second kappa shape index (κ2) is 11.3. The first-order chi connectivity index (χ1) is 17.1. The number of nitrogens with zero attached hydrogens (tertiary/aromatic N) is 1. The molecule has 1 heterocycles. The number of amides is 2. The average Bonchev–Trinajstić information content (AvgIpc) is 3.13. The van der Waals surface area contributed by atoms with E-state index in [0.29, 0.717) is 31.7 Å². The van der Waals surface area contributed by atoms with E-state index in [1.54, 1.807) is 0 Å². The predicted octanol–water partition coefficient (Wildman–Crippen LogP) is 5.43. The van der Waals surface area contributed by atoms with Gasteiger partial charge < -0.3 is 15.0 Å². The molecule has 2 amide bonds. The van der Waals surface area contributed by atoms with Crippen molar-refractivity contribution in [3.8, 4) is 0 Å². The summed E-state index contributed by atoms with van der Waals surface area (Å²) in [6.07, 6.45) is 4.06. The normalized spacial score (nSPS) is 16.9. The molecule has 4 rings (SSSR count). The fourth-order valence-corrected chi connectivity index (χ4v) is 4.74. The molecule has 0 aromatic heterocycles. The lowest BCUT2D eigenvalue weighted by atomic mass is 9.93. The molecule has 35 heavy (non-hydrogen) atoms. The van der Waals surface area contributed by atoms with Gasteiger partial charge in [-0.15, -0.1) is 0 Å². The molecule has 5 nitrogen and oxygen atoms in total. The summed E-state index contributed by atoms with van der Waals surface area (Å²) in [6, 6.07) is 26.2. The quantitative estimate of drug-likeness (QED) is 0.380. The van der Waals surface area contributed by atoms with Crippen LogP contribution in [0.2, 0.25) is 0 Å². The number of aryl methyl sites for hydroxylation is 1. The molecule has 5 heteroatoms. The minimum Gasteiger partial charge on any atom is -0.356 e. The minimum atomic E-state index is -1.04. The molecule has 0 spiro atoms. The lowest BCUT2D eigenvalue weighted by Crippen LogP contribution is -2.47. The largest absolute Gasteiger partial charge is 0.356 e. The van der Waals surface area contributed by atoms with Gasteiger partial charge in [-0.25, -0.2) is 0 Å². The molecule has 1 aliphatic heterocycles. The zero-order valence-corrected chi connectivity index (χ0v) is 20.6. The topological polar surface area (TPSA) is 58.6 Å². The summed E-state index contributed by atoms with van der Waals surface area (Å²) < 4.78 is 6.79. The molecule has 0 saturated heterocycles. The van der Waals surface area contributed by atoms with Crippen LogP contribution in [-0.2, 0) is 28.3 Å². The van der Waals surface area contributed by atoms with Crippen molar-refractivity contribution in [3.63, 3.8) is 0 Å². The fraction of sp³-hybridized carbons (Fsp3) is 0.333. The SMILES string of the molecule is CCCCc1ccc(COC2(c3ccccc3)c3ccccc3C(=O)N2CCCNC(C)=O)cc1. The summed E-state index contributed by atoms with van der Waals surface area (Å²) in [5.41, 5.74) is 3.79. The van der Waals surface area contributed by atoms with E-state index in [-0.39, 0.29) is 11.8 Å². The summed E-state index contributed by atoms with van der Waals surface area (Å²) in [5.74, 6) is -0.129. The Morgan fingerprint density at radius 2 is 1.60 bits per heavy atom. The van der Waals surface area contributed by atoms with Gasteiger partial charge in [0.2, 0.25) is 5.91 Å². The van der Waals surface area contributed by atoms with Crippen molar-refractivity contribution in [2.24, 2.45) is 0 Å². The number of ether oxygens (including phenoxy) is 1. The highest BCUT2D eigenvalue weighted by molar-refractivity contribution is 6.00. The number of rotatable bonds is 11. The summed E-state index contributed by atoms with van der Waals surface area (Å²) in [5, 5.41) is 2.83. The number of nitrogens with one attached hydrogen (secondary N) is 1. The highest BCUT2D eigenvalue weighted by Crippen LogP contribution is 2.45. The molecular weight excluding hydrogens is 436 g/mol. The molecule has 0 saturated carbocycles. The van der Waals surface area contributed by atoms with E-state index < -0.39 is 5.72 Å². The smallest absolute Gasteiger partial charge is 0.257 e. The van der Waals surface area contributed by atoms with E-state index in [1.807, 2.05) is 59.5 Å². The van der Waals surface area contributed by atoms with Gasteiger partial charge in [0, 0.05) is 36.7 Å². The van der Waals surface area contributed by atoms with Crippen molar-refractivity contribution in [3.05, 3.63) is 107 Å². The van der Waals surface area contributed by atoms with Gasteiger partial charge in [-0.05, 0) is 36.5 Å². The number of carbonyl (C=O) groups excluding carboxylic acids is 2. The highest BCUT2D eigenvalue weighted by atomic mass is 16.5. The van der Waals surface area contributed by atoms with Crippen LogP contribution in [0.4, 0.5) is 0 Å². The Morgan fingerprint density at radius 3 is 2.31 bits per heavy atom. The van der Waals surface area contributed by atoms with Gasteiger partial charge in [-0.2, -0.15) is 0 Å². The molecule has 0 fully saturated rings. The Balaban J connectivity index is 1.68. The average molecular weight is 471 g/mol. The Labute approximate surface area is 208 Å². The standard InChI is InChI=1S/C30H34N2O3/c1-3-4-11-24-16-18-25(19-17-24)22-35-30(26-12-6-5-7-13-26)28-15-9-8-14-27(28)29(34)32(30)21-10-20-31-23(2)33/h5-9,12-19H,3-4,10-11,20-22H2,1-2H3,(H,31,33). The second-order valence-corrected chi connectivity index (χ2v) is 9.06. The zero-order chi connectivity index (χ0) is 24.7. The first kappa shape index (κ1) is 24.7. The molecular formula is C30H34N2O3. The van der Waals surface area contributed by atoms with Crippen molar-refractivity contribution in [1.29, 1.82) is 0 Å². The lowest BCUT2D eigenvalue weighted by Gasteiger charge is -2.39. The molecule has 0 bridgehead atoms. The summed E-state index contributed by atoms with van der Waals surface area (Å²) in [7, 11) is 0. The Kier molecular flexibility index (Phi) is 7.98. The maximum absolute atomic E-state index is 13.6. The van der Waals surface area contributed by atoms with Crippen LogP contribution in [-0.4, -0.2) is 29.8 Å². The van der Waals surface area contributed by atoms with Crippen LogP contribution in [0.1, 0.15) is 65.7 Å². The molecule has 3 aromatic rings. The van der Waals surface area contributed by atoms with E-state index in [4.69, 9.17) is 4.74 Å². The van der Waals surface area contributed by atoms with Gasteiger partial charge in [-0.3, -0.25) is 9.59 Å². The van der Waals surface area contributed by atoms with Gasteiger partial charge in [-0.1, -0.05) is 86.1 Å². The van der Waals surface area contributed by atoms with Crippen LogP contribution in [0.3, 0.4) is 0 Å². The molecule has 1 atom stereocenters. The van der Waals surface area contributed by atoms with Crippen molar-refractivity contribution in [2.75, 3.05) is 13.1 Å². The Hall–Kier alpha value is -3.44. The number of hydrogen-bond donors (Lipinski definition) is 1. The van der Waals surface area contributed by atoms with Crippen LogP contribution in [0, 0.1) is 0 Å². The van der Waals surface area contributed by atoms with Gasteiger partial charge in [0.15, 0.2) is 5.72 Å². The number of unbranched alkanes of at least 4 members (excludes halogenated alkanes) is 1. The van der Waals surface area contributed by atoms with Crippen molar-refractivity contribution < 1.29 is 14.3 Å². The van der Waals surface area contributed by atoms with Crippen LogP contribution < -0.4 is 5.32 Å². The third kappa shape index (κ3) is 5.30. The number of benzene rings is 3. The van der Waals surface area contributed by atoms with E-state index in [1.165, 1.54) is 25.3 Å². The van der Waals surface area contributed by atoms with Crippen LogP contribution in [0.5, 0.6) is 0 Å². The number of fused-ring (bicyclic) bond motifs is 1. The zero-order valence-electron chi connectivity index (χ0n) is 20.6. The molecule has 0 aliphatic carbocycles. The van der Waals surface area contributed by atoms with Gasteiger partial charge >= 0.3 is 0 Å². The third-order valence-corrected chi connectivity index (χ3v) is 6.54. The van der Waals surface area contributed by atoms with Crippen molar-refractivity contribution in [2.45, 2.75) is 51.9 Å². The Bertz CT molecular complexity index is 1140. The van der Waals surface area contributed by atoms with Gasteiger partial charge in [0.1, 0.15) is 0 Å². The van der Waals surface area contributed by atoms with Crippen molar-refractivity contribution >= 4 is 11.8 Å². The van der Waals surface area contributed by atoms with Crippen molar-refractivity contribution in [1.82, 2.24) is 10.2 Å². The lowest BCUT2D eigenvalue weighted by molar-refractivity contribution is -0.119. The first-order valence-corrected chi connectivity index (χ1v) is 12.5. The molecule has 3 aromatic carbocycles. The van der Waals surface area contributed by atoms with E-state index in [9.17, 15) is 9.59 Å². The maximum Gasteiger partial charge on any atom is 0.257 e. The Morgan fingerprint density at radius 1 is 0.914 bits per heavy atom. The summed E-state index contributed by atoms with van der Waals surface area (Å²) in [6.45, 7) is 5.03. The van der Waals surface area contributed by atoms with Crippen LogP contribution in [0.25, 0.3) is 0 Å².